The molecule has 1 saturated heterocycles. The van der Waals surface area contributed by atoms with E-state index in [0.29, 0.717) is 31.7 Å². The first-order valence-corrected chi connectivity index (χ1v) is 10.6. The molecule has 8 heteroatoms. The minimum atomic E-state index is -3.56. The number of carbonyl (C=O) groups excluding carboxylic acids is 1. The van der Waals surface area contributed by atoms with E-state index in [9.17, 15) is 13.2 Å². The lowest BCUT2D eigenvalue weighted by Crippen LogP contribution is -2.28. The Morgan fingerprint density at radius 2 is 1.88 bits per heavy atom. The Labute approximate surface area is 155 Å². The molecule has 26 heavy (non-hydrogen) atoms. The lowest BCUT2D eigenvalue weighted by atomic mass is 10.1. The first-order chi connectivity index (χ1) is 12.5. The van der Waals surface area contributed by atoms with Gasteiger partial charge in [-0.2, -0.15) is 4.31 Å². The SMILES string of the molecule is COc1cc(NC(=O)CCCCCCN)ccc1S(=O)(=O)N1CCCC1. The van der Waals surface area contributed by atoms with Crippen LogP contribution < -0.4 is 15.8 Å². The molecule has 0 bridgehead atoms. The zero-order chi connectivity index (χ0) is 19.0. The molecule has 2 rings (SSSR count). The standard InChI is InChI=1S/C18H29N3O4S/c1-25-16-14-15(20-18(22)8-4-2-3-5-11-19)9-10-17(16)26(23,24)21-12-6-7-13-21/h9-10,14H,2-8,11-13,19H2,1H3,(H,20,22). The quantitative estimate of drug-likeness (QED) is 0.604. The zero-order valence-electron chi connectivity index (χ0n) is 15.4. The summed E-state index contributed by atoms with van der Waals surface area (Å²) in [6.45, 7) is 1.75. The third-order valence-electron chi connectivity index (χ3n) is 4.49. The summed E-state index contributed by atoms with van der Waals surface area (Å²) in [6, 6.07) is 4.68. The topological polar surface area (TPSA) is 102 Å². The fourth-order valence-electron chi connectivity index (χ4n) is 3.03. The minimum Gasteiger partial charge on any atom is -0.495 e. The number of amides is 1. The van der Waals surface area contributed by atoms with Gasteiger partial charge in [-0.1, -0.05) is 12.8 Å². The number of rotatable bonds is 10. The molecule has 1 aromatic rings. The molecule has 146 valence electrons. The van der Waals surface area contributed by atoms with Crippen LogP contribution in [0.3, 0.4) is 0 Å². The number of carbonyl (C=O) groups is 1. The molecule has 0 aromatic heterocycles. The van der Waals surface area contributed by atoms with Gasteiger partial charge in [-0.25, -0.2) is 8.42 Å². The molecule has 0 spiro atoms. The van der Waals surface area contributed by atoms with E-state index in [1.54, 1.807) is 12.1 Å². The molecule has 0 atom stereocenters. The van der Waals surface area contributed by atoms with Gasteiger partial charge in [-0.15, -0.1) is 0 Å². The van der Waals surface area contributed by atoms with Crippen molar-refractivity contribution >= 4 is 21.6 Å². The van der Waals surface area contributed by atoms with Crippen molar-refractivity contribution in [3.63, 3.8) is 0 Å². The van der Waals surface area contributed by atoms with Crippen molar-refractivity contribution in [3.05, 3.63) is 18.2 Å². The fraction of sp³-hybridized carbons (Fsp3) is 0.611. The summed E-state index contributed by atoms with van der Waals surface area (Å²) in [5.41, 5.74) is 5.98. The highest BCUT2D eigenvalue weighted by Crippen LogP contribution is 2.31. The third-order valence-corrected chi connectivity index (χ3v) is 6.43. The predicted molar refractivity (Wildman–Crippen MR) is 102 cm³/mol. The molecule has 0 unspecified atom stereocenters. The molecule has 0 radical (unpaired) electrons. The summed E-state index contributed by atoms with van der Waals surface area (Å²) in [4.78, 5) is 12.2. The number of nitrogens with two attached hydrogens (primary N) is 1. The summed E-state index contributed by atoms with van der Waals surface area (Å²) in [5, 5.41) is 2.80. The van der Waals surface area contributed by atoms with E-state index in [0.717, 1.165) is 38.5 Å². The number of nitrogens with zero attached hydrogens (tertiary/aromatic N) is 1. The highest BCUT2D eigenvalue weighted by molar-refractivity contribution is 7.89. The van der Waals surface area contributed by atoms with Crippen molar-refractivity contribution < 1.29 is 17.9 Å². The molecule has 0 aliphatic carbocycles. The summed E-state index contributed by atoms with van der Waals surface area (Å²) < 4.78 is 32.2. The highest BCUT2D eigenvalue weighted by Gasteiger charge is 2.30. The van der Waals surface area contributed by atoms with Gasteiger partial charge >= 0.3 is 0 Å². The monoisotopic (exact) mass is 383 g/mol. The van der Waals surface area contributed by atoms with Crippen LogP contribution in [0.1, 0.15) is 44.9 Å². The van der Waals surface area contributed by atoms with E-state index in [1.807, 2.05) is 0 Å². The Morgan fingerprint density at radius 3 is 2.54 bits per heavy atom. The Kier molecular flexibility index (Phi) is 7.86. The van der Waals surface area contributed by atoms with Crippen LogP contribution in [0.25, 0.3) is 0 Å². The van der Waals surface area contributed by atoms with Gasteiger partial charge in [-0.05, 0) is 44.4 Å². The molecule has 1 amide bonds. The highest BCUT2D eigenvalue weighted by atomic mass is 32.2. The number of hydrogen-bond acceptors (Lipinski definition) is 5. The van der Waals surface area contributed by atoms with Gasteiger partial charge in [0.15, 0.2) is 0 Å². The average molecular weight is 384 g/mol. The fourth-order valence-corrected chi connectivity index (χ4v) is 4.69. The summed E-state index contributed by atoms with van der Waals surface area (Å²) in [7, 11) is -2.13. The van der Waals surface area contributed by atoms with E-state index in [1.165, 1.54) is 17.5 Å². The molecular weight excluding hydrogens is 354 g/mol. The number of methoxy groups -OCH3 is 1. The van der Waals surface area contributed by atoms with Gasteiger partial charge in [-0.3, -0.25) is 4.79 Å². The van der Waals surface area contributed by atoms with Crippen molar-refractivity contribution in [3.8, 4) is 5.75 Å². The number of hydrogen-bond donors (Lipinski definition) is 2. The summed E-state index contributed by atoms with van der Waals surface area (Å²) in [6.07, 6.45) is 5.97. The maximum Gasteiger partial charge on any atom is 0.246 e. The molecule has 1 heterocycles. The Bertz CT molecular complexity index is 700. The number of ether oxygens (including phenoxy) is 1. The molecule has 0 saturated carbocycles. The summed E-state index contributed by atoms with van der Waals surface area (Å²) >= 11 is 0. The first-order valence-electron chi connectivity index (χ1n) is 9.17. The van der Waals surface area contributed by atoms with Crippen molar-refractivity contribution in [2.45, 2.75) is 49.8 Å². The summed E-state index contributed by atoms with van der Waals surface area (Å²) in [5.74, 6) is 0.160. The average Bonchev–Trinajstić information content (AvgIpc) is 3.17. The maximum absolute atomic E-state index is 12.7. The normalized spacial score (nSPS) is 15.2. The molecule has 1 fully saturated rings. The van der Waals surface area contributed by atoms with Crippen LogP contribution in [0.15, 0.2) is 23.1 Å². The molecule has 1 aliphatic rings. The zero-order valence-corrected chi connectivity index (χ0v) is 16.2. The predicted octanol–water partition coefficient (Wildman–Crippen LogP) is 2.33. The Hall–Kier alpha value is -1.64. The van der Waals surface area contributed by atoms with E-state index < -0.39 is 10.0 Å². The second-order valence-electron chi connectivity index (χ2n) is 6.48. The van der Waals surface area contributed by atoms with E-state index in [4.69, 9.17) is 10.5 Å². The first kappa shape index (κ1) is 20.7. The second kappa shape index (κ2) is 9.89. The second-order valence-corrected chi connectivity index (χ2v) is 8.38. The van der Waals surface area contributed by atoms with Crippen molar-refractivity contribution in [2.75, 3.05) is 32.1 Å². The van der Waals surface area contributed by atoms with Gasteiger partial charge in [0.25, 0.3) is 0 Å². The number of benzene rings is 1. The van der Waals surface area contributed by atoms with Crippen LogP contribution in [0, 0.1) is 0 Å². The van der Waals surface area contributed by atoms with Gasteiger partial charge in [0.2, 0.25) is 15.9 Å². The van der Waals surface area contributed by atoms with Crippen molar-refractivity contribution in [1.29, 1.82) is 0 Å². The maximum atomic E-state index is 12.7. The van der Waals surface area contributed by atoms with Crippen LogP contribution >= 0.6 is 0 Å². The number of nitrogens with one attached hydrogen (secondary N) is 1. The van der Waals surface area contributed by atoms with Crippen molar-refractivity contribution in [1.82, 2.24) is 4.31 Å². The third kappa shape index (κ3) is 5.43. The van der Waals surface area contributed by atoms with Gasteiger partial charge in [0, 0.05) is 31.3 Å². The van der Waals surface area contributed by atoms with Crippen LogP contribution in [-0.2, 0) is 14.8 Å². The van der Waals surface area contributed by atoms with Crippen LogP contribution in [-0.4, -0.2) is 45.4 Å². The van der Waals surface area contributed by atoms with Crippen LogP contribution in [0.2, 0.25) is 0 Å². The lowest BCUT2D eigenvalue weighted by molar-refractivity contribution is -0.116. The smallest absolute Gasteiger partial charge is 0.246 e. The lowest BCUT2D eigenvalue weighted by Gasteiger charge is -2.18. The van der Waals surface area contributed by atoms with Gasteiger partial charge in [0.1, 0.15) is 10.6 Å². The molecule has 1 aromatic carbocycles. The van der Waals surface area contributed by atoms with Gasteiger partial charge < -0.3 is 15.8 Å². The number of unbranched alkanes of at least 4 members (excludes halogenated alkanes) is 3. The largest absolute Gasteiger partial charge is 0.495 e. The number of anilines is 1. The molecule has 1 aliphatic heterocycles. The van der Waals surface area contributed by atoms with Crippen LogP contribution in [0.5, 0.6) is 5.75 Å². The van der Waals surface area contributed by atoms with Crippen molar-refractivity contribution in [2.24, 2.45) is 5.73 Å². The van der Waals surface area contributed by atoms with Crippen LogP contribution in [0.4, 0.5) is 5.69 Å². The molecule has 3 N–H and O–H groups in total. The van der Waals surface area contributed by atoms with E-state index >= 15 is 0 Å². The Balaban J connectivity index is 2.00. The molecule has 7 nitrogen and oxygen atoms in total. The number of sulfonamides is 1. The molecular formula is C18H29N3O4S. The van der Waals surface area contributed by atoms with Gasteiger partial charge in [0.05, 0.1) is 7.11 Å². The minimum absolute atomic E-state index is 0.0880. The van der Waals surface area contributed by atoms with E-state index in [-0.39, 0.29) is 16.6 Å². The van der Waals surface area contributed by atoms with E-state index in [2.05, 4.69) is 5.32 Å². The Morgan fingerprint density at radius 1 is 1.19 bits per heavy atom.